The summed E-state index contributed by atoms with van der Waals surface area (Å²) in [6.07, 6.45) is 0.536. The van der Waals surface area contributed by atoms with Gasteiger partial charge < -0.3 is 15.5 Å². The molecule has 0 heterocycles. The predicted molar refractivity (Wildman–Crippen MR) is 142 cm³/mol. The SMILES string of the molecule is O=S(=O)(c1ccc(CCNC(Cc2ccccc2)[C@H](O)c2cccc(Cl)c2)cc1)c1cccc(O)c1. The van der Waals surface area contributed by atoms with Gasteiger partial charge in [-0.2, -0.15) is 0 Å². The molecule has 0 aliphatic rings. The van der Waals surface area contributed by atoms with E-state index in [4.69, 9.17) is 11.6 Å². The first-order valence-electron chi connectivity index (χ1n) is 11.7. The molecule has 5 nitrogen and oxygen atoms in total. The molecule has 4 rings (SSSR count). The summed E-state index contributed by atoms with van der Waals surface area (Å²) in [5.74, 6) is -0.0937. The first-order chi connectivity index (χ1) is 17.3. The van der Waals surface area contributed by atoms with Crippen molar-refractivity contribution in [2.24, 2.45) is 0 Å². The molecule has 0 amide bonds. The lowest BCUT2D eigenvalue weighted by molar-refractivity contribution is 0.128. The fourth-order valence-electron chi connectivity index (χ4n) is 4.11. The maximum absolute atomic E-state index is 12.8. The Hall–Kier alpha value is -3.16. The van der Waals surface area contributed by atoms with Crippen molar-refractivity contribution in [1.29, 1.82) is 0 Å². The van der Waals surface area contributed by atoms with E-state index < -0.39 is 15.9 Å². The van der Waals surface area contributed by atoms with Crippen LogP contribution in [0.5, 0.6) is 5.75 Å². The average molecular weight is 522 g/mol. The molecule has 0 radical (unpaired) electrons. The van der Waals surface area contributed by atoms with Crippen LogP contribution in [0, 0.1) is 0 Å². The van der Waals surface area contributed by atoms with E-state index in [2.05, 4.69) is 5.32 Å². The number of phenols is 1. The summed E-state index contributed by atoms with van der Waals surface area (Å²) in [7, 11) is -3.71. The Morgan fingerprint density at radius 1 is 0.778 bits per heavy atom. The quantitative estimate of drug-likeness (QED) is 0.262. The van der Waals surface area contributed by atoms with Crippen LogP contribution < -0.4 is 5.32 Å². The number of benzene rings is 4. The molecule has 0 fully saturated rings. The number of aliphatic hydroxyl groups is 1. The van der Waals surface area contributed by atoms with Crippen LogP contribution in [0.25, 0.3) is 0 Å². The zero-order valence-electron chi connectivity index (χ0n) is 19.6. The number of aliphatic hydroxyl groups excluding tert-OH is 1. The number of rotatable bonds is 10. The average Bonchev–Trinajstić information content (AvgIpc) is 2.88. The Morgan fingerprint density at radius 2 is 1.50 bits per heavy atom. The number of hydrogen-bond donors (Lipinski definition) is 3. The molecule has 0 saturated heterocycles. The fraction of sp³-hybridized carbons (Fsp3) is 0.172. The van der Waals surface area contributed by atoms with Gasteiger partial charge in [0, 0.05) is 11.1 Å². The third-order valence-corrected chi connectivity index (χ3v) is 8.05. The van der Waals surface area contributed by atoms with Crippen LogP contribution in [0.3, 0.4) is 0 Å². The lowest BCUT2D eigenvalue weighted by atomic mass is 9.96. The second-order valence-electron chi connectivity index (χ2n) is 8.64. The van der Waals surface area contributed by atoms with Gasteiger partial charge in [-0.25, -0.2) is 8.42 Å². The third kappa shape index (κ3) is 6.53. The van der Waals surface area contributed by atoms with Crippen molar-refractivity contribution in [1.82, 2.24) is 5.32 Å². The number of phenolic OH excluding ortho intramolecular Hbond substituents is 1. The molecule has 1 unspecified atom stereocenters. The van der Waals surface area contributed by atoms with E-state index in [9.17, 15) is 18.6 Å². The Kier molecular flexibility index (Phi) is 8.44. The van der Waals surface area contributed by atoms with Gasteiger partial charge in [0.25, 0.3) is 0 Å². The number of nitrogens with one attached hydrogen (secondary N) is 1. The molecule has 0 saturated carbocycles. The molecule has 3 N–H and O–H groups in total. The van der Waals surface area contributed by atoms with Crippen molar-refractivity contribution in [3.05, 3.63) is 125 Å². The van der Waals surface area contributed by atoms with Crippen LogP contribution in [0.2, 0.25) is 5.02 Å². The fourth-order valence-corrected chi connectivity index (χ4v) is 5.61. The molecule has 186 valence electrons. The van der Waals surface area contributed by atoms with Crippen molar-refractivity contribution < 1.29 is 18.6 Å². The van der Waals surface area contributed by atoms with Gasteiger partial charge in [-0.05, 0) is 78.5 Å². The van der Waals surface area contributed by atoms with Gasteiger partial charge in [-0.3, -0.25) is 0 Å². The van der Waals surface area contributed by atoms with Gasteiger partial charge >= 0.3 is 0 Å². The topological polar surface area (TPSA) is 86.6 Å². The van der Waals surface area contributed by atoms with Crippen molar-refractivity contribution in [3.63, 3.8) is 0 Å². The van der Waals surface area contributed by atoms with Crippen LogP contribution in [0.4, 0.5) is 0 Å². The van der Waals surface area contributed by atoms with Gasteiger partial charge in [0.1, 0.15) is 5.75 Å². The molecule has 7 heteroatoms. The molecule has 4 aromatic rings. The van der Waals surface area contributed by atoms with E-state index in [1.807, 2.05) is 42.5 Å². The molecule has 0 aliphatic heterocycles. The minimum Gasteiger partial charge on any atom is -0.508 e. The minimum atomic E-state index is -3.71. The highest BCUT2D eigenvalue weighted by Gasteiger charge is 2.22. The lowest BCUT2D eigenvalue weighted by Crippen LogP contribution is -2.38. The summed E-state index contributed by atoms with van der Waals surface area (Å²) >= 11 is 6.14. The molecular formula is C29H28ClNO4S. The van der Waals surface area contributed by atoms with Crippen molar-refractivity contribution in [3.8, 4) is 5.75 Å². The third-order valence-electron chi connectivity index (χ3n) is 6.05. The number of halogens is 1. The Labute approximate surface area is 216 Å². The van der Waals surface area contributed by atoms with Crippen LogP contribution in [-0.4, -0.2) is 31.2 Å². The van der Waals surface area contributed by atoms with Gasteiger partial charge in [-0.15, -0.1) is 0 Å². The summed E-state index contributed by atoms with van der Waals surface area (Å²) in [5.41, 5.74) is 2.82. The molecule has 2 atom stereocenters. The highest BCUT2D eigenvalue weighted by Crippen LogP contribution is 2.25. The highest BCUT2D eigenvalue weighted by molar-refractivity contribution is 7.91. The monoisotopic (exact) mass is 521 g/mol. The maximum atomic E-state index is 12.8. The van der Waals surface area contributed by atoms with Crippen LogP contribution >= 0.6 is 11.6 Å². The van der Waals surface area contributed by atoms with Crippen LogP contribution in [0.15, 0.2) is 113 Å². The van der Waals surface area contributed by atoms with E-state index in [0.29, 0.717) is 24.4 Å². The maximum Gasteiger partial charge on any atom is 0.206 e. The summed E-state index contributed by atoms with van der Waals surface area (Å²) in [6, 6.07) is 29.4. The number of hydrogen-bond acceptors (Lipinski definition) is 5. The molecule has 36 heavy (non-hydrogen) atoms. The first kappa shape index (κ1) is 25.9. The molecule has 0 bridgehead atoms. The zero-order valence-corrected chi connectivity index (χ0v) is 21.2. The molecule has 0 spiro atoms. The summed E-state index contributed by atoms with van der Waals surface area (Å²) in [4.78, 5) is 0.221. The molecular weight excluding hydrogens is 494 g/mol. The lowest BCUT2D eigenvalue weighted by Gasteiger charge is -2.25. The van der Waals surface area contributed by atoms with E-state index in [-0.39, 0.29) is 21.6 Å². The standard InChI is InChI=1S/C29H28ClNO4S/c30-24-9-4-8-23(19-24)29(33)28(18-22-6-2-1-3-7-22)31-17-16-21-12-14-26(15-13-21)36(34,35)27-11-5-10-25(32)20-27/h1-15,19-20,28-29,31-33H,16-18H2/t28?,29-/m1/s1. The van der Waals surface area contributed by atoms with Crippen molar-refractivity contribution in [2.45, 2.75) is 34.8 Å². The van der Waals surface area contributed by atoms with Crippen LogP contribution in [-0.2, 0) is 22.7 Å². The molecule has 0 aromatic heterocycles. The van der Waals surface area contributed by atoms with Crippen molar-refractivity contribution >= 4 is 21.4 Å². The second-order valence-corrected chi connectivity index (χ2v) is 11.0. The summed E-state index contributed by atoms with van der Waals surface area (Å²) < 4.78 is 25.7. The van der Waals surface area contributed by atoms with Gasteiger partial charge in [0.05, 0.1) is 15.9 Å². The van der Waals surface area contributed by atoms with E-state index >= 15 is 0 Å². The zero-order chi connectivity index (χ0) is 25.5. The summed E-state index contributed by atoms with van der Waals surface area (Å²) in [5, 5.41) is 24.8. The predicted octanol–water partition coefficient (Wildman–Crippen LogP) is 5.36. The van der Waals surface area contributed by atoms with Gasteiger partial charge in [-0.1, -0.05) is 72.3 Å². The molecule has 0 aliphatic carbocycles. The van der Waals surface area contributed by atoms with E-state index in [0.717, 1.165) is 16.7 Å². The normalized spacial score (nSPS) is 13.3. The van der Waals surface area contributed by atoms with Gasteiger partial charge in [0.15, 0.2) is 0 Å². The Bertz CT molecular complexity index is 1390. The highest BCUT2D eigenvalue weighted by atomic mass is 35.5. The molecule has 4 aromatic carbocycles. The van der Waals surface area contributed by atoms with Crippen molar-refractivity contribution in [2.75, 3.05) is 6.54 Å². The van der Waals surface area contributed by atoms with Gasteiger partial charge in [0.2, 0.25) is 9.84 Å². The van der Waals surface area contributed by atoms with Crippen LogP contribution in [0.1, 0.15) is 22.8 Å². The van der Waals surface area contributed by atoms with E-state index in [1.54, 1.807) is 36.4 Å². The first-order valence-corrected chi connectivity index (χ1v) is 13.5. The Morgan fingerprint density at radius 3 is 2.19 bits per heavy atom. The number of sulfone groups is 1. The number of aromatic hydroxyl groups is 1. The minimum absolute atomic E-state index is 0.0515. The Balaban J connectivity index is 1.43. The largest absolute Gasteiger partial charge is 0.508 e. The second kappa shape index (κ2) is 11.7. The summed E-state index contributed by atoms with van der Waals surface area (Å²) in [6.45, 7) is 0.591. The smallest absolute Gasteiger partial charge is 0.206 e. The van der Waals surface area contributed by atoms with E-state index in [1.165, 1.54) is 24.3 Å².